The van der Waals surface area contributed by atoms with Crippen molar-refractivity contribution in [2.45, 2.75) is 25.2 Å². The molecule has 2 saturated carbocycles. The molecule has 0 saturated heterocycles. The van der Waals surface area contributed by atoms with Crippen LogP contribution in [0.2, 0.25) is 5.02 Å². The van der Waals surface area contributed by atoms with Crippen LogP contribution < -0.4 is 18.1 Å². The first-order valence-electron chi connectivity index (χ1n) is 6.34. The van der Waals surface area contributed by atoms with Crippen LogP contribution in [0.3, 0.4) is 0 Å². The van der Waals surface area contributed by atoms with Gasteiger partial charge in [-0.1, -0.05) is 23.7 Å². The molecule has 0 aliphatic heterocycles. The summed E-state index contributed by atoms with van der Waals surface area (Å²) in [5, 5.41) is 0.845. The average Bonchev–Trinajstić information content (AvgIpc) is 2.89. The number of hydrogen-bond donors (Lipinski definition) is 1. The molecule has 1 aromatic rings. The summed E-state index contributed by atoms with van der Waals surface area (Å²) in [5.41, 5.74) is 5.64. The molecule has 4 atom stereocenters. The lowest BCUT2D eigenvalue weighted by Crippen LogP contribution is -3.00. The number of hydrogen-bond acceptors (Lipinski definition) is 0. The Hall–Kier alpha value is -0.240. The van der Waals surface area contributed by atoms with E-state index in [-0.39, 0.29) is 12.4 Å². The zero-order valence-corrected chi connectivity index (χ0v) is 11.4. The summed E-state index contributed by atoms with van der Waals surface area (Å²) in [6.07, 6.45) is 4.30. The Bertz CT molecular complexity index is 376. The van der Waals surface area contributed by atoms with Gasteiger partial charge in [-0.3, -0.25) is 0 Å². The molecule has 3 N–H and O–H groups in total. The Labute approximate surface area is 114 Å². The van der Waals surface area contributed by atoms with Gasteiger partial charge < -0.3 is 18.1 Å². The highest BCUT2D eigenvalue weighted by Crippen LogP contribution is 2.56. The van der Waals surface area contributed by atoms with Crippen molar-refractivity contribution in [1.29, 1.82) is 0 Å². The minimum Gasteiger partial charge on any atom is -1.00 e. The van der Waals surface area contributed by atoms with Crippen molar-refractivity contribution < 1.29 is 18.1 Å². The van der Waals surface area contributed by atoms with Crippen molar-refractivity contribution >= 4 is 11.6 Å². The van der Waals surface area contributed by atoms with Gasteiger partial charge in [0.15, 0.2) is 0 Å². The lowest BCUT2D eigenvalue weighted by Gasteiger charge is -2.29. The van der Waals surface area contributed by atoms with Crippen LogP contribution in [0.1, 0.15) is 30.7 Å². The van der Waals surface area contributed by atoms with E-state index in [1.165, 1.54) is 24.8 Å². The highest BCUT2D eigenvalue weighted by molar-refractivity contribution is 6.30. The summed E-state index contributed by atoms with van der Waals surface area (Å²) < 4.78 is 0. The second kappa shape index (κ2) is 5.17. The average molecular weight is 272 g/mol. The van der Waals surface area contributed by atoms with Crippen LogP contribution >= 0.6 is 11.6 Å². The molecule has 0 radical (unpaired) electrons. The van der Waals surface area contributed by atoms with Crippen LogP contribution in [-0.4, -0.2) is 6.54 Å². The van der Waals surface area contributed by atoms with Gasteiger partial charge in [0, 0.05) is 10.9 Å². The first-order valence-corrected chi connectivity index (χ1v) is 6.72. The van der Waals surface area contributed by atoms with Gasteiger partial charge >= 0.3 is 0 Å². The Morgan fingerprint density at radius 2 is 1.76 bits per heavy atom. The molecule has 0 aromatic heterocycles. The van der Waals surface area contributed by atoms with Crippen molar-refractivity contribution in [3.63, 3.8) is 0 Å². The third-order valence-electron chi connectivity index (χ3n) is 4.68. The van der Waals surface area contributed by atoms with Gasteiger partial charge in [-0.2, -0.15) is 0 Å². The van der Waals surface area contributed by atoms with E-state index in [0.29, 0.717) is 0 Å². The molecular weight excluding hydrogens is 253 g/mol. The molecule has 1 aromatic carbocycles. The van der Waals surface area contributed by atoms with Gasteiger partial charge in [0.1, 0.15) is 0 Å². The summed E-state index contributed by atoms with van der Waals surface area (Å²) in [4.78, 5) is 0. The number of halogens is 2. The van der Waals surface area contributed by atoms with E-state index in [1.807, 2.05) is 12.1 Å². The van der Waals surface area contributed by atoms with Gasteiger partial charge in [0.05, 0.1) is 6.54 Å². The van der Waals surface area contributed by atoms with E-state index in [1.54, 1.807) is 0 Å². The van der Waals surface area contributed by atoms with E-state index >= 15 is 0 Å². The molecule has 0 spiro atoms. The predicted molar refractivity (Wildman–Crippen MR) is 66.3 cm³/mol. The molecule has 3 heteroatoms. The molecule has 2 fully saturated rings. The number of quaternary nitrogens is 1. The smallest absolute Gasteiger partial charge is 0.0777 e. The van der Waals surface area contributed by atoms with Crippen molar-refractivity contribution in [2.75, 3.05) is 6.54 Å². The fraction of sp³-hybridized carbons (Fsp3) is 0.571. The second-order valence-electron chi connectivity index (χ2n) is 5.36. The van der Waals surface area contributed by atoms with Gasteiger partial charge in [-0.05, 0) is 54.7 Å². The molecule has 2 aliphatic rings. The van der Waals surface area contributed by atoms with Crippen LogP contribution in [0.5, 0.6) is 0 Å². The minimum atomic E-state index is 0. The monoisotopic (exact) mass is 271 g/mol. The van der Waals surface area contributed by atoms with Crippen LogP contribution in [0.25, 0.3) is 0 Å². The lowest BCUT2D eigenvalue weighted by molar-refractivity contribution is -0.382. The Morgan fingerprint density at radius 3 is 2.41 bits per heavy atom. The van der Waals surface area contributed by atoms with Crippen molar-refractivity contribution in [3.8, 4) is 0 Å². The molecular formula is C14H19Cl2N. The normalized spacial score (nSPS) is 34.7. The van der Waals surface area contributed by atoms with Crippen molar-refractivity contribution in [1.82, 2.24) is 0 Å². The van der Waals surface area contributed by atoms with Crippen molar-refractivity contribution in [2.24, 2.45) is 17.8 Å². The molecule has 3 rings (SSSR count). The van der Waals surface area contributed by atoms with E-state index < -0.39 is 0 Å². The first-order chi connectivity index (χ1) is 7.79. The lowest BCUT2D eigenvalue weighted by atomic mass is 9.75. The van der Waals surface area contributed by atoms with E-state index in [2.05, 4.69) is 17.9 Å². The topological polar surface area (TPSA) is 27.6 Å². The summed E-state index contributed by atoms with van der Waals surface area (Å²) in [6.45, 7) is 1.09. The van der Waals surface area contributed by atoms with Crippen LogP contribution in [0, 0.1) is 17.8 Å². The van der Waals surface area contributed by atoms with Gasteiger partial charge in [-0.15, -0.1) is 0 Å². The minimum absolute atomic E-state index is 0. The fourth-order valence-corrected chi connectivity index (χ4v) is 4.16. The maximum Gasteiger partial charge on any atom is 0.0777 e. The molecule has 2 aliphatic carbocycles. The third-order valence-corrected chi connectivity index (χ3v) is 4.93. The molecule has 0 amide bonds. The maximum atomic E-state index is 5.96. The zero-order valence-electron chi connectivity index (χ0n) is 9.91. The molecule has 17 heavy (non-hydrogen) atoms. The molecule has 2 bridgehead atoms. The largest absolute Gasteiger partial charge is 1.00 e. The Balaban J connectivity index is 0.00000108. The third kappa shape index (κ3) is 2.21. The van der Waals surface area contributed by atoms with Crippen molar-refractivity contribution in [3.05, 3.63) is 34.9 Å². The van der Waals surface area contributed by atoms with E-state index in [9.17, 15) is 0 Å². The summed E-state index contributed by atoms with van der Waals surface area (Å²) in [7, 11) is 0. The Kier molecular flexibility index (Phi) is 4.02. The fourth-order valence-electron chi connectivity index (χ4n) is 4.03. The van der Waals surface area contributed by atoms with E-state index in [0.717, 1.165) is 35.2 Å². The first kappa shape index (κ1) is 13.2. The standard InChI is InChI=1S/C14H18ClN.ClH/c15-12-5-3-9(4-6-12)14-11-2-1-10(7-11)13(14)8-16;/h3-6,10-11,13-14H,1-2,7-8,16H2;1H/t10-,11+,13-,14+;/m1./s1. The highest BCUT2D eigenvalue weighted by atomic mass is 35.5. The molecule has 1 nitrogen and oxygen atoms in total. The molecule has 0 unspecified atom stereocenters. The second-order valence-corrected chi connectivity index (χ2v) is 5.80. The predicted octanol–water partition coefficient (Wildman–Crippen LogP) is -0.284. The quantitative estimate of drug-likeness (QED) is 0.766. The van der Waals surface area contributed by atoms with Crippen LogP contribution in [-0.2, 0) is 0 Å². The zero-order chi connectivity index (χ0) is 11.1. The number of rotatable bonds is 2. The van der Waals surface area contributed by atoms with Crippen LogP contribution in [0.15, 0.2) is 24.3 Å². The van der Waals surface area contributed by atoms with Gasteiger partial charge in [-0.25, -0.2) is 0 Å². The SMILES string of the molecule is [Cl-].[NH3+]C[C@@H]1[C@@H]2CC[C@@H](C2)[C@@H]1c1ccc(Cl)cc1. The summed E-state index contributed by atoms with van der Waals surface area (Å²) in [5.74, 6) is 3.44. The maximum absolute atomic E-state index is 5.96. The molecule has 94 valence electrons. The summed E-state index contributed by atoms with van der Waals surface area (Å²) in [6, 6.07) is 8.50. The summed E-state index contributed by atoms with van der Waals surface area (Å²) >= 11 is 5.96. The van der Waals surface area contributed by atoms with Gasteiger partial charge in [0.2, 0.25) is 0 Å². The number of fused-ring (bicyclic) bond motifs is 2. The number of benzene rings is 1. The van der Waals surface area contributed by atoms with E-state index in [4.69, 9.17) is 11.6 Å². The van der Waals surface area contributed by atoms with Gasteiger partial charge in [0.25, 0.3) is 0 Å². The highest BCUT2D eigenvalue weighted by Gasteiger charge is 2.48. The Morgan fingerprint density at radius 1 is 1.12 bits per heavy atom. The van der Waals surface area contributed by atoms with Crippen LogP contribution in [0.4, 0.5) is 0 Å². The molecule has 0 heterocycles.